The summed E-state index contributed by atoms with van der Waals surface area (Å²) in [5, 5.41) is 0.622. The molecule has 0 bridgehead atoms. The van der Waals surface area contributed by atoms with Gasteiger partial charge in [0.25, 0.3) is 0 Å². The van der Waals surface area contributed by atoms with Gasteiger partial charge in [-0.3, -0.25) is 0 Å². The highest BCUT2D eigenvalue weighted by Gasteiger charge is 2.38. The molecule has 0 fully saturated rings. The summed E-state index contributed by atoms with van der Waals surface area (Å²) >= 11 is 0. The number of halogens is 1. The molecule has 1 aliphatic rings. The fraction of sp³-hybridized carbons (Fsp3) is 0.267. The minimum atomic E-state index is -3.78. The van der Waals surface area contributed by atoms with E-state index in [0.717, 1.165) is 12.5 Å². The molecule has 0 amide bonds. The van der Waals surface area contributed by atoms with Crippen LogP contribution in [0.2, 0.25) is 0 Å². The van der Waals surface area contributed by atoms with Crippen LogP contribution in [0.15, 0.2) is 33.7 Å². The molecule has 1 aliphatic heterocycles. The fourth-order valence-electron chi connectivity index (χ4n) is 2.66. The summed E-state index contributed by atoms with van der Waals surface area (Å²) in [6.07, 6.45) is 1.88. The highest BCUT2D eigenvalue weighted by molar-refractivity contribution is 8.06. The smallest absolute Gasteiger partial charge is 0.224 e. The zero-order valence-electron chi connectivity index (χ0n) is 13.6. The van der Waals surface area contributed by atoms with Gasteiger partial charge in [0, 0.05) is 18.1 Å². The van der Waals surface area contributed by atoms with Gasteiger partial charge in [-0.25, -0.2) is 26.2 Å². The number of aliphatic imine (C=N–C) groups is 1. The SMILES string of the molecule is Cc1oc2c(c1-c1ccc(F)cc1)C(S(C)(=O)=O)N=C(S(C)(=O)=O)N2. The number of nitrogens with one attached hydrogen (secondary N) is 1. The number of nitrogens with zero attached hydrogens (tertiary/aromatic N) is 1. The first-order valence-electron chi connectivity index (χ1n) is 7.11. The zero-order chi connectivity index (χ0) is 18.6. The van der Waals surface area contributed by atoms with Gasteiger partial charge in [0.2, 0.25) is 20.9 Å². The van der Waals surface area contributed by atoms with Crippen molar-refractivity contribution in [2.24, 2.45) is 4.99 Å². The van der Waals surface area contributed by atoms with E-state index in [0.29, 0.717) is 16.9 Å². The average Bonchev–Trinajstić information content (AvgIpc) is 2.81. The Kier molecular flexibility index (Phi) is 3.99. The first kappa shape index (κ1) is 17.6. The van der Waals surface area contributed by atoms with E-state index in [-0.39, 0.29) is 11.4 Å². The molecule has 1 N–H and O–H groups in total. The van der Waals surface area contributed by atoms with E-state index in [2.05, 4.69) is 10.3 Å². The maximum absolute atomic E-state index is 13.2. The maximum atomic E-state index is 13.2. The van der Waals surface area contributed by atoms with E-state index < -0.39 is 36.0 Å². The van der Waals surface area contributed by atoms with Crippen LogP contribution in [0.4, 0.5) is 10.3 Å². The Hall–Kier alpha value is -2.20. The second-order valence-corrected chi connectivity index (χ2v) is 9.83. The highest BCUT2D eigenvalue weighted by atomic mass is 32.2. The number of anilines is 1. The zero-order valence-corrected chi connectivity index (χ0v) is 15.2. The Bertz CT molecular complexity index is 1080. The number of benzene rings is 1. The Morgan fingerprint density at radius 3 is 2.24 bits per heavy atom. The lowest BCUT2D eigenvalue weighted by Gasteiger charge is -2.20. The molecule has 0 aliphatic carbocycles. The Labute approximate surface area is 144 Å². The van der Waals surface area contributed by atoms with E-state index in [1.54, 1.807) is 6.92 Å². The molecular formula is C15H15FN2O5S2. The number of aryl methyl sites for hydroxylation is 1. The summed E-state index contributed by atoms with van der Waals surface area (Å²) in [7, 11) is -7.55. The van der Waals surface area contributed by atoms with Crippen molar-refractivity contribution >= 4 is 30.7 Å². The molecule has 3 rings (SSSR count). The highest BCUT2D eigenvalue weighted by Crippen LogP contribution is 2.44. The largest absolute Gasteiger partial charge is 0.445 e. The second-order valence-electron chi connectivity index (χ2n) is 5.80. The van der Waals surface area contributed by atoms with Crippen molar-refractivity contribution in [3.8, 4) is 11.1 Å². The molecule has 1 aromatic carbocycles. The van der Waals surface area contributed by atoms with Crippen LogP contribution in [0.25, 0.3) is 11.1 Å². The molecule has 10 heteroatoms. The number of amidine groups is 1. The molecule has 7 nitrogen and oxygen atoms in total. The number of fused-ring (bicyclic) bond motifs is 1. The lowest BCUT2D eigenvalue weighted by atomic mass is 10.0. The first-order valence-corrected chi connectivity index (χ1v) is 11.0. The molecular weight excluding hydrogens is 371 g/mol. The molecule has 1 aromatic heterocycles. The van der Waals surface area contributed by atoms with Crippen molar-refractivity contribution in [2.45, 2.75) is 12.3 Å². The molecule has 134 valence electrons. The second kappa shape index (κ2) is 5.67. The number of hydrogen-bond donors (Lipinski definition) is 1. The standard InChI is InChI=1S/C15H15FN2O5S2/c1-8-11(9-4-6-10(16)7-5-9)12-13(23-8)17-15(25(3,21)22)18-14(12)24(2,19)20/h4-7,14H,1-3H3,(H,17,18). The molecule has 0 saturated carbocycles. The molecule has 0 saturated heterocycles. The summed E-state index contributed by atoms with van der Waals surface area (Å²) in [6, 6.07) is 5.46. The average molecular weight is 386 g/mol. The topological polar surface area (TPSA) is 106 Å². The molecule has 0 radical (unpaired) electrons. The Morgan fingerprint density at radius 2 is 1.72 bits per heavy atom. The van der Waals surface area contributed by atoms with Gasteiger partial charge in [-0.05, 0) is 24.6 Å². The van der Waals surface area contributed by atoms with Crippen molar-refractivity contribution < 1.29 is 25.6 Å². The van der Waals surface area contributed by atoms with E-state index >= 15 is 0 Å². The Morgan fingerprint density at radius 1 is 1.12 bits per heavy atom. The third-order valence-electron chi connectivity index (χ3n) is 3.71. The predicted molar refractivity (Wildman–Crippen MR) is 92.3 cm³/mol. The third-order valence-corrected chi connectivity index (χ3v) is 5.77. The predicted octanol–water partition coefficient (Wildman–Crippen LogP) is 2.26. The van der Waals surface area contributed by atoms with Crippen LogP contribution < -0.4 is 5.32 Å². The van der Waals surface area contributed by atoms with Crippen LogP contribution >= 0.6 is 0 Å². The number of rotatable bonds is 2. The summed E-state index contributed by atoms with van der Waals surface area (Å²) in [5.74, 6) is -0.0701. The normalized spacial score (nSPS) is 17.6. The van der Waals surface area contributed by atoms with Crippen molar-refractivity contribution in [2.75, 3.05) is 17.8 Å². The van der Waals surface area contributed by atoms with Crippen LogP contribution in [0, 0.1) is 12.7 Å². The van der Waals surface area contributed by atoms with E-state index in [1.165, 1.54) is 24.3 Å². The lowest BCUT2D eigenvalue weighted by Crippen LogP contribution is -2.29. The minimum Gasteiger partial charge on any atom is -0.445 e. The van der Waals surface area contributed by atoms with E-state index in [4.69, 9.17) is 4.42 Å². The molecule has 1 atom stereocenters. The monoisotopic (exact) mass is 386 g/mol. The molecule has 2 aromatic rings. The Balaban J connectivity index is 2.29. The number of hydrogen-bond acceptors (Lipinski definition) is 7. The lowest BCUT2D eigenvalue weighted by molar-refractivity contribution is 0.547. The molecule has 2 heterocycles. The van der Waals surface area contributed by atoms with Crippen molar-refractivity contribution in [3.63, 3.8) is 0 Å². The van der Waals surface area contributed by atoms with Crippen molar-refractivity contribution in [1.29, 1.82) is 0 Å². The minimum absolute atomic E-state index is 0.00248. The summed E-state index contributed by atoms with van der Waals surface area (Å²) in [4.78, 5) is 3.88. The quantitative estimate of drug-likeness (QED) is 0.849. The van der Waals surface area contributed by atoms with Crippen molar-refractivity contribution in [1.82, 2.24) is 0 Å². The van der Waals surface area contributed by atoms with Crippen molar-refractivity contribution in [3.05, 3.63) is 41.4 Å². The molecule has 0 spiro atoms. The maximum Gasteiger partial charge on any atom is 0.224 e. The van der Waals surface area contributed by atoms with Gasteiger partial charge in [0.15, 0.2) is 15.2 Å². The van der Waals surface area contributed by atoms with Gasteiger partial charge in [-0.1, -0.05) is 12.1 Å². The number of sulfone groups is 2. The van der Waals surface area contributed by atoms with Crippen LogP contribution in [-0.2, 0) is 19.7 Å². The first-order chi connectivity index (χ1) is 11.5. The molecule has 1 unspecified atom stereocenters. The van der Waals surface area contributed by atoms with Crippen LogP contribution in [0.1, 0.15) is 16.7 Å². The fourth-order valence-corrected chi connectivity index (χ4v) is 4.26. The van der Waals surface area contributed by atoms with E-state index in [1.807, 2.05) is 0 Å². The van der Waals surface area contributed by atoms with Crippen LogP contribution in [-0.4, -0.2) is 34.5 Å². The van der Waals surface area contributed by atoms with Crippen LogP contribution in [0.5, 0.6) is 0 Å². The van der Waals surface area contributed by atoms with E-state index in [9.17, 15) is 21.2 Å². The van der Waals surface area contributed by atoms with Gasteiger partial charge in [0.1, 0.15) is 11.6 Å². The molecule has 25 heavy (non-hydrogen) atoms. The van der Waals surface area contributed by atoms with Gasteiger partial charge in [0.05, 0.1) is 5.56 Å². The van der Waals surface area contributed by atoms with Gasteiger partial charge >= 0.3 is 0 Å². The summed E-state index contributed by atoms with van der Waals surface area (Å²) < 4.78 is 66.8. The number of furan rings is 1. The summed E-state index contributed by atoms with van der Waals surface area (Å²) in [6.45, 7) is 1.61. The van der Waals surface area contributed by atoms with Crippen LogP contribution in [0.3, 0.4) is 0 Å². The van der Waals surface area contributed by atoms with Gasteiger partial charge in [-0.15, -0.1) is 0 Å². The van der Waals surface area contributed by atoms with Gasteiger partial charge in [-0.2, -0.15) is 0 Å². The summed E-state index contributed by atoms with van der Waals surface area (Å²) in [5.41, 5.74) is 1.19. The van der Waals surface area contributed by atoms with Gasteiger partial charge < -0.3 is 9.73 Å². The third kappa shape index (κ3) is 3.19.